The molecule has 3 aromatic rings. The van der Waals surface area contributed by atoms with Crippen LogP contribution in [-0.2, 0) is 9.53 Å². The smallest absolute Gasteiger partial charge is 0.330 e. The van der Waals surface area contributed by atoms with Gasteiger partial charge in [0.2, 0.25) is 0 Å². The third-order valence-corrected chi connectivity index (χ3v) is 4.35. The number of carbonyl (C=O) groups is 2. The first-order valence-electron chi connectivity index (χ1n) is 8.85. The predicted molar refractivity (Wildman–Crippen MR) is 104 cm³/mol. The fourth-order valence-electron chi connectivity index (χ4n) is 2.75. The number of benzene rings is 2. The van der Waals surface area contributed by atoms with E-state index in [1.165, 1.54) is 42.3 Å². The Bertz CT molecular complexity index is 1010. The first-order valence-corrected chi connectivity index (χ1v) is 8.85. The number of hydrogen-bond donors (Lipinski definition) is 2. The summed E-state index contributed by atoms with van der Waals surface area (Å²) >= 11 is 0. The van der Waals surface area contributed by atoms with Crippen molar-refractivity contribution in [3.63, 3.8) is 0 Å². The van der Waals surface area contributed by atoms with Gasteiger partial charge in [-0.05, 0) is 31.2 Å². The molecule has 1 amide bonds. The Kier molecular flexibility index (Phi) is 6.04. The standard InChI is InChI=1S/C21H20FN3O4/c1-13-3-5-14(6-4-13)19-17(20(27)23-18(12-26)21(28)29-2)11-25(24-19)16-9-7-15(22)8-10-16/h3-11,18,26H,12H2,1-2H3,(H,23,27)/t18-/m0/s1. The third-order valence-electron chi connectivity index (χ3n) is 4.35. The molecule has 29 heavy (non-hydrogen) atoms. The van der Waals surface area contributed by atoms with Gasteiger partial charge < -0.3 is 15.2 Å². The number of halogens is 1. The van der Waals surface area contributed by atoms with Crippen molar-refractivity contribution < 1.29 is 23.8 Å². The van der Waals surface area contributed by atoms with Crippen LogP contribution in [0.25, 0.3) is 16.9 Å². The summed E-state index contributed by atoms with van der Waals surface area (Å²) < 4.78 is 19.3. The van der Waals surface area contributed by atoms with Crippen LogP contribution in [0.15, 0.2) is 54.7 Å². The summed E-state index contributed by atoms with van der Waals surface area (Å²) in [5.41, 5.74) is 2.88. The van der Waals surface area contributed by atoms with Gasteiger partial charge in [-0.25, -0.2) is 13.9 Å². The van der Waals surface area contributed by atoms with Gasteiger partial charge in [0.15, 0.2) is 6.04 Å². The number of aliphatic hydroxyl groups excluding tert-OH is 1. The van der Waals surface area contributed by atoms with Gasteiger partial charge in [-0.15, -0.1) is 0 Å². The molecule has 1 aromatic heterocycles. The van der Waals surface area contributed by atoms with E-state index < -0.39 is 24.5 Å². The number of nitrogens with one attached hydrogen (secondary N) is 1. The number of ether oxygens (including phenoxy) is 1. The van der Waals surface area contributed by atoms with E-state index in [0.717, 1.165) is 5.56 Å². The molecule has 0 fully saturated rings. The molecule has 150 valence electrons. The number of amides is 1. The fourth-order valence-corrected chi connectivity index (χ4v) is 2.75. The van der Waals surface area contributed by atoms with Crippen molar-refractivity contribution in [1.82, 2.24) is 15.1 Å². The molecule has 2 aromatic carbocycles. The quantitative estimate of drug-likeness (QED) is 0.623. The van der Waals surface area contributed by atoms with Crippen molar-refractivity contribution in [3.05, 3.63) is 71.7 Å². The summed E-state index contributed by atoms with van der Waals surface area (Å²) in [6.45, 7) is 1.33. The van der Waals surface area contributed by atoms with Gasteiger partial charge in [-0.3, -0.25) is 4.79 Å². The second-order valence-electron chi connectivity index (χ2n) is 6.41. The monoisotopic (exact) mass is 397 g/mol. The lowest BCUT2D eigenvalue weighted by atomic mass is 10.1. The van der Waals surface area contributed by atoms with Crippen molar-refractivity contribution in [2.75, 3.05) is 13.7 Å². The fraction of sp³-hybridized carbons (Fsp3) is 0.190. The zero-order chi connectivity index (χ0) is 21.0. The van der Waals surface area contributed by atoms with Gasteiger partial charge in [0.05, 0.1) is 25.0 Å². The van der Waals surface area contributed by atoms with Crippen LogP contribution in [0.3, 0.4) is 0 Å². The summed E-state index contributed by atoms with van der Waals surface area (Å²) in [5.74, 6) is -1.75. The maximum atomic E-state index is 13.2. The summed E-state index contributed by atoms with van der Waals surface area (Å²) in [6, 6.07) is 11.9. The van der Waals surface area contributed by atoms with Crippen LogP contribution in [0.4, 0.5) is 4.39 Å². The first-order chi connectivity index (χ1) is 13.9. The van der Waals surface area contributed by atoms with E-state index in [0.29, 0.717) is 16.9 Å². The van der Waals surface area contributed by atoms with Crippen molar-refractivity contribution in [3.8, 4) is 16.9 Å². The van der Waals surface area contributed by atoms with Gasteiger partial charge in [0.1, 0.15) is 11.5 Å². The van der Waals surface area contributed by atoms with Crippen LogP contribution in [0, 0.1) is 12.7 Å². The molecule has 0 unspecified atom stereocenters. The molecule has 7 nitrogen and oxygen atoms in total. The second kappa shape index (κ2) is 8.66. The van der Waals surface area contributed by atoms with E-state index in [1.54, 1.807) is 0 Å². The molecule has 0 radical (unpaired) electrons. The lowest BCUT2D eigenvalue weighted by Gasteiger charge is -2.13. The van der Waals surface area contributed by atoms with Crippen LogP contribution < -0.4 is 5.32 Å². The van der Waals surface area contributed by atoms with Crippen molar-refractivity contribution in [2.45, 2.75) is 13.0 Å². The minimum Gasteiger partial charge on any atom is -0.467 e. The number of carbonyl (C=O) groups excluding carboxylic acids is 2. The van der Waals surface area contributed by atoms with Gasteiger partial charge in [-0.1, -0.05) is 29.8 Å². The summed E-state index contributed by atoms with van der Waals surface area (Å²) in [7, 11) is 1.17. The third kappa shape index (κ3) is 4.49. The van der Waals surface area contributed by atoms with Gasteiger partial charge in [0, 0.05) is 11.8 Å². The average molecular weight is 397 g/mol. The second-order valence-corrected chi connectivity index (χ2v) is 6.41. The highest BCUT2D eigenvalue weighted by Crippen LogP contribution is 2.24. The lowest BCUT2D eigenvalue weighted by Crippen LogP contribution is -2.44. The van der Waals surface area contributed by atoms with Crippen LogP contribution >= 0.6 is 0 Å². The minimum absolute atomic E-state index is 0.195. The Hall–Kier alpha value is -3.52. The number of aromatic nitrogens is 2. The van der Waals surface area contributed by atoms with E-state index in [4.69, 9.17) is 0 Å². The highest BCUT2D eigenvalue weighted by atomic mass is 19.1. The molecule has 3 rings (SSSR count). The molecule has 0 aliphatic heterocycles. The number of hydrogen-bond acceptors (Lipinski definition) is 5. The summed E-state index contributed by atoms with van der Waals surface area (Å²) in [4.78, 5) is 24.6. The molecule has 0 saturated carbocycles. The van der Waals surface area contributed by atoms with Gasteiger partial charge in [0.25, 0.3) is 5.91 Å². The number of aryl methyl sites for hydroxylation is 1. The number of aliphatic hydroxyl groups is 1. The van der Waals surface area contributed by atoms with Crippen molar-refractivity contribution in [1.29, 1.82) is 0 Å². The molecular weight excluding hydrogens is 377 g/mol. The molecule has 1 atom stereocenters. The van der Waals surface area contributed by atoms with Crippen LogP contribution in [0.5, 0.6) is 0 Å². The molecule has 1 heterocycles. The molecule has 8 heteroatoms. The Morgan fingerprint density at radius 3 is 2.41 bits per heavy atom. The number of rotatable bonds is 6. The number of esters is 1. The summed E-state index contributed by atoms with van der Waals surface area (Å²) in [5, 5.41) is 16.3. The first kappa shape index (κ1) is 20.2. The Morgan fingerprint density at radius 1 is 1.17 bits per heavy atom. The largest absolute Gasteiger partial charge is 0.467 e. The van der Waals surface area contributed by atoms with E-state index in [2.05, 4.69) is 15.2 Å². The average Bonchev–Trinajstić information content (AvgIpc) is 3.18. The number of nitrogens with zero attached hydrogens (tertiary/aromatic N) is 2. The van der Waals surface area contributed by atoms with E-state index in [-0.39, 0.29) is 11.4 Å². The Morgan fingerprint density at radius 2 is 1.83 bits per heavy atom. The SMILES string of the molecule is COC(=O)[C@H](CO)NC(=O)c1cn(-c2ccc(F)cc2)nc1-c1ccc(C)cc1. The molecule has 2 N–H and O–H groups in total. The maximum absolute atomic E-state index is 13.2. The topological polar surface area (TPSA) is 93.5 Å². The zero-order valence-corrected chi connectivity index (χ0v) is 15.9. The minimum atomic E-state index is -1.20. The lowest BCUT2D eigenvalue weighted by molar-refractivity contribution is -0.143. The predicted octanol–water partition coefficient (Wildman–Crippen LogP) is 2.25. The Labute approximate surface area is 166 Å². The molecule has 0 aliphatic carbocycles. The molecule has 0 spiro atoms. The van der Waals surface area contributed by atoms with Crippen LogP contribution in [0.2, 0.25) is 0 Å². The number of methoxy groups -OCH3 is 1. The van der Waals surface area contributed by atoms with E-state index in [1.807, 2.05) is 31.2 Å². The Balaban J connectivity index is 2.03. The van der Waals surface area contributed by atoms with E-state index >= 15 is 0 Å². The molecule has 0 bridgehead atoms. The van der Waals surface area contributed by atoms with Crippen LogP contribution in [-0.4, -0.2) is 46.5 Å². The van der Waals surface area contributed by atoms with Crippen molar-refractivity contribution in [2.24, 2.45) is 0 Å². The van der Waals surface area contributed by atoms with Crippen molar-refractivity contribution >= 4 is 11.9 Å². The summed E-state index contributed by atoms with van der Waals surface area (Å²) in [6.07, 6.45) is 1.49. The van der Waals surface area contributed by atoms with Gasteiger partial charge in [-0.2, -0.15) is 5.10 Å². The van der Waals surface area contributed by atoms with Gasteiger partial charge >= 0.3 is 5.97 Å². The zero-order valence-electron chi connectivity index (χ0n) is 15.9. The molecular formula is C21H20FN3O4. The van der Waals surface area contributed by atoms with Crippen LogP contribution in [0.1, 0.15) is 15.9 Å². The van der Waals surface area contributed by atoms with E-state index in [9.17, 15) is 19.1 Å². The molecule has 0 aliphatic rings. The highest BCUT2D eigenvalue weighted by Gasteiger charge is 2.25. The molecule has 0 saturated heterocycles. The highest BCUT2D eigenvalue weighted by molar-refractivity contribution is 6.01. The normalized spacial score (nSPS) is 11.7. The maximum Gasteiger partial charge on any atom is 0.330 e.